The molecule has 5 nitrogen and oxygen atoms in total. The first-order chi connectivity index (χ1) is 9.52. The van der Waals surface area contributed by atoms with E-state index in [1.54, 1.807) is 6.92 Å². The molecule has 1 rings (SSSR count). The lowest BCUT2D eigenvalue weighted by atomic mass is 10.0. The number of nitrogens with two attached hydrogens (primary N) is 1. The van der Waals surface area contributed by atoms with Crippen molar-refractivity contribution in [3.05, 3.63) is 35.9 Å². The molecule has 2 unspecified atom stereocenters. The minimum Gasteiger partial charge on any atom is -0.469 e. The van der Waals surface area contributed by atoms with E-state index >= 15 is 0 Å². The van der Waals surface area contributed by atoms with Crippen molar-refractivity contribution in [1.82, 2.24) is 5.32 Å². The van der Waals surface area contributed by atoms with Crippen LogP contribution in [0.15, 0.2) is 30.3 Å². The van der Waals surface area contributed by atoms with Gasteiger partial charge >= 0.3 is 5.97 Å². The van der Waals surface area contributed by atoms with Crippen LogP contribution in [0.1, 0.15) is 25.3 Å². The quantitative estimate of drug-likeness (QED) is 0.729. The van der Waals surface area contributed by atoms with Crippen molar-refractivity contribution in [3.63, 3.8) is 0 Å². The lowest BCUT2D eigenvalue weighted by Gasteiger charge is -2.19. The first-order valence-electron chi connectivity index (χ1n) is 6.69. The molecular formula is C15H22N2O3. The number of nitrogens with one attached hydrogen (secondary N) is 1. The maximum atomic E-state index is 11.7. The van der Waals surface area contributed by atoms with Crippen molar-refractivity contribution in [2.24, 2.45) is 5.73 Å². The van der Waals surface area contributed by atoms with Gasteiger partial charge in [0, 0.05) is 12.5 Å². The van der Waals surface area contributed by atoms with Crippen LogP contribution in [-0.4, -0.2) is 31.1 Å². The summed E-state index contributed by atoms with van der Waals surface area (Å²) in [5.41, 5.74) is 6.66. The number of methoxy groups -OCH3 is 1. The Bertz CT molecular complexity index is 432. The maximum absolute atomic E-state index is 11.7. The summed E-state index contributed by atoms with van der Waals surface area (Å²) in [4.78, 5) is 22.9. The molecule has 1 aromatic carbocycles. The van der Waals surface area contributed by atoms with Crippen molar-refractivity contribution >= 4 is 11.9 Å². The van der Waals surface area contributed by atoms with E-state index in [2.05, 4.69) is 10.1 Å². The third-order valence-corrected chi connectivity index (χ3v) is 3.01. The Balaban J connectivity index is 2.63. The van der Waals surface area contributed by atoms with Gasteiger partial charge in [0.25, 0.3) is 0 Å². The molecule has 1 aromatic rings. The lowest BCUT2D eigenvalue weighted by Crippen LogP contribution is -2.45. The summed E-state index contributed by atoms with van der Waals surface area (Å²) in [5, 5.41) is 2.87. The molecule has 0 aromatic heterocycles. The van der Waals surface area contributed by atoms with Crippen LogP contribution < -0.4 is 11.1 Å². The molecule has 3 N–H and O–H groups in total. The number of carbonyl (C=O) groups excluding carboxylic acids is 2. The van der Waals surface area contributed by atoms with E-state index in [9.17, 15) is 9.59 Å². The summed E-state index contributed by atoms with van der Waals surface area (Å²) in [6, 6.07) is 9.11. The van der Waals surface area contributed by atoms with E-state index in [1.807, 2.05) is 30.3 Å². The van der Waals surface area contributed by atoms with E-state index in [-0.39, 0.29) is 24.3 Å². The minimum atomic E-state index is -0.564. The average Bonchev–Trinajstić information content (AvgIpc) is 2.45. The highest BCUT2D eigenvalue weighted by atomic mass is 16.5. The standard InChI is InChI=1S/C15H22N2O3/c1-11(16)15(19)17-13(8-9-14(18)20-2)10-12-6-4-3-5-7-12/h3-7,11,13H,8-10,16H2,1-2H3,(H,17,19). The summed E-state index contributed by atoms with van der Waals surface area (Å²) < 4.78 is 4.63. The zero-order chi connectivity index (χ0) is 15.0. The predicted octanol–water partition coefficient (Wildman–Crippen LogP) is 1.01. The van der Waals surface area contributed by atoms with E-state index in [4.69, 9.17) is 5.73 Å². The van der Waals surface area contributed by atoms with Crippen LogP contribution >= 0.6 is 0 Å². The molecule has 5 heteroatoms. The van der Waals surface area contributed by atoms with E-state index in [0.29, 0.717) is 12.8 Å². The first kappa shape index (κ1) is 16.2. The molecule has 0 aliphatic carbocycles. The largest absolute Gasteiger partial charge is 0.469 e. The Morgan fingerprint density at radius 2 is 1.95 bits per heavy atom. The van der Waals surface area contributed by atoms with Crippen molar-refractivity contribution in [2.45, 2.75) is 38.3 Å². The molecule has 2 atom stereocenters. The molecule has 110 valence electrons. The van der Waals surface area contributed by atoms with Crippen molar-refractivity contribution in [3.8, 4) is 0 Å². The van der Waals surface area contributed by atoms with Gasteiger partial charge in [-0.05, 0) is 25.3 Å². The molecule has 0 heterocycles. The Morgan fingerprint density at radius 1 is 1.30 bits per heavy atom. The summed E-state index contributed by atoms with van der Waals surface area (Å²) in [6.07, 6.45) is 1.46. The van der Waals surface area contributed by atoms with Gasteiger partial charge < -0.3 is 15.8 Å². The molecule has 0 saturated carbocycles. The second-order valence-electron chi connectivity index (χ2n) is 4.80. The Kier molecular flexibility index (Phi) is 6.73. The van der Waals surface area contributed by atoms with Crippen molar-refractivity contribution in [1.29, 1.82) is 0 Å². The number of hydrogen-bond acceptors (Lipinski definition) is 4. The molecule has 0 aliphatic heterocycles. The normalized spacial score (nSPS) is 13.3. The smallest absolute Gasteiger partial charge is 0.305 e. The number of esters is 1. The number of amides is 1. The third kappa shape index (κ3) is 5.84. The van der Waals surface area contributed by atoms with Crippen LogP contribution in [0.5, 0.6) is 0 Å². The van der Waals surface area contributed by atoms with E-state index < -0.39 is 6.04 Å². The van der Waals surface area contributed by atoms with Gasteiger partial charge in [0.05, 0.1) is 13.2 Å². The van der Waals surface area contributed by atoms with Gasteiger partial charge in [-0.25, -0.2) is 0 Å². The van der Waals surface area contributed by atoms with Gasteiger partial charge in [-0.15, -0.1) is 0 Å². The van der Waals surface area contributed by atoms with E-state index in [1.165, 1.54) is 7.11 Å². The Labute approximate surface area is 119 Å². The number of ether oxygens (including phenoxy) is 1. The molecule has 20 heavy (non-hydrogen) atoms. The van der Waals surface area contributed by atoms with Gasteiger partial charge in [0.2, 0.25) is 5.91 Å². The molecule has 0 saturated heterocycles. The molecule has 0 radical (unpaired) electrons. The van der Waals surface area contributed by atoms with Crippen LogP contribution in [0.25, 0.3) is 0 Å². The maximum Gasteiger partial charge on any atom is 0.305 e. The zero-order valence-corrected chi connectivity index (χ0v) is 12.0. The fourth-order valence-electron chi connectivity index (χ4n) is 1.85. The highest BCUT2D eigenvalue weighted by Crippen LogP contribution is 2.08. The van der Waals surface area contributed by atoms with Gasteiger partial charge in [0.1, 0.15) is 0 Å². The van der Waals surface area contributed by atoms with Crippen LogP contribution in [0.2, 0.25) is 0 Å². The fraction of sp³-hybridized carbons (Fsp3) is 0.467. The molecular weight excluding hydrogens is 256 g/mol. The fourth-order valence-corrected chi connectivity index (χ4v) is 1.85. The molecule has 0 bridgehead atoms. The lowest BCUT2D eigenvalue weighted by molar-refractivity contribution is -0.141. The second-order valence-corrected chi connectivity index (χ2v) is 4.80. The monoisotopic (exact) mass is 278 g/mol. The summed E-state index contributed by atoms with van der Waals surface area (Å²) >= 11 is 0. The summed E-state index contributed by atoms with van der Waals surface area (Å²) in [5.74, 6) is -0.492. The topological polar surface area (TPSA) is 81.4 Å². The number of hydrogen-bond donors (Lipinski definition) is 2. The van der Waals surface area contributed by atoms with Gasteiger partial charge in [-0.2, -0.15) is 0 Å². The summed E-state index contributed by atoms with van der Waals surface area (Å²) in [6.45, 7) is 1.63. The van der Waals surface area contributed by atoms with Crippen LogP contribution in [-0.2, 0) is 20.7 Å². The Morgan fingerprint density at radius 3 is 2.50 bits per heavy atom. The average molecular weight is 278 g/mol. The van der Waals surface area contributed by atoms with Gasteiger partial charge in [-0.1, -0.05) is 30.3 Å². The van der Waals surface area contributed by atoms with Crippen molar-refractivity contribution < 1.29 is 14.3 Å². The first-order valence-corrected chi connectivity index (χ1v) is 6.69. The molecule has 0 fully saturated rings. The van der Waals surface area contributed by atoms with Crippen LogP contribution in [0, 0.1) is 0 Å². The third-order valence-electron chi connectivity index (χ3n) is 3.01. The van der Waals surface area contributed by atoms with Gasteiger partial charge in [-0.3, -0.25) is 9.59 Å². The highest BCUT2D eigenvalue weighted by molar-refractivity contribution is 5.81. The number of carbonyl (C=O) groups is 2. The van der Waals surface area contributed by atoms with Gasteiger partial charge in [0.15, 0.2) is 0 Å². The molecule has 0 aliphatic rings. The van der Waals surface area contributed by atoms with Crippen LogP contribution in [0.3, 0.4) is 0 Å². The SMILES string of the molecule is COC(=O)CCC(Cc1ccccc1)NC(=O)C(C)N. The molecule has 0 spiro atoms. The zero-order valence-electron chi connectivity index (χ0n) is 12.0. The summed E-state index contributed by atoms with van der Waals surface area (Å²) in [7, 11) is 1.36. The number of benzene rings is 1. The van der Waals surface area contributed by atoms with Crippen molar-refractivity contribution in [2.75, 3.05) is 7.11 Å². The van der Waals surface area contributed by atoms with E-state index in [0.717, 1.165) is 5.56 Å². The minimum absolute atomic E-state index is 0.130. The number of rotatable bonds is 7. The molecule has 1 amide bonds. The Hall–Kier alpha value is -1.88. The predicted molar refractivity (Wildman–Crippen MR) is 77.0 cm³/mol. The highest BCUT2D eigenvalue weighted by Gasteiger charge is 2.17. The van der Waals surface area contributed by atoms with Crippen LogP contribution in [0.4, 0.5) is 0 Å². The second kappa shape index (κ2) is 8.32.